The largest absolute Gasteiger partial charge is 0.452 e. The molecule has 2 aromatic carbocycles. The highest BCUT2D eigenvalue weighted by atomic mass is 32.2. The number of benzene rings is 2. The van der Waals surface area contributed by atoms with E-state index in [0.717, 1.165) is 5.56 Å². The summed E-state index contributed by atoms with van der Waals surface area (Å²) < 4.78 is 4.82. The highest BCUT2D eigenvalue weighted by Gasteiger charge is 2.15. The zero-order valence-corrected chi connectivity index (χ0v) is 14.5. The molecule has 25 heavy (non-hydrogen) atoms. The summed E-state index contributed by atoms with van der Waals surface area (Å²) >= 11 is 1.21. The summed E-state index contributed by atoms with van der Waals surface area (Å²) in [4.78, 5) is 35.4. The summed E-state index contributed by atoms with van der Waals surface area (Å²) in [5.41, 5.74) is 7.07. The van der Waals surface area contributed by atoms with Gasteiger partial charge >= 0.3 is 5.97 Å². The number of ether oxygens (including phenoxy) is 1. The Morgan fingerprint density at radius 1 is 1.08 bits per heavy atom. The lowest BCUT2D eigenvalue weighted by Gasteiger charge is -2.09. The molecule has 0 fully saturated rings. The Bertz CT molecular complexity index is 775. The Hall–Kier alpha value is -2.80. The number of hydrogen-bond acceptors (Lipinski definition) is 5. The molecule has 0 radical (unpaired) electrons. The van der Waals surface area contributed by atoms with Crippen LogP contribution in [0.1, 0.15) is 15.9 Å². The molecule has 130 valence electrons. The van der Waals surface area contributed by atoms with Crippen LogP contribution in [-0.4, -0.2) is 30.1 Å². The van der Waals surface area contributed by atoms with Crippen LogP contribution < -0.4 is 11.1 Å². The van der Waals surface area contributed by atoms with Gasteiger partial charge in [-0.1, -0.05) is 29.8 Å². The second-order valence-corrected chi connectivity index (χ2v) is 6.26. The molecule has 3 N–H and O–H groups in total. The van der Waals surface area contributed by atoms with Crippen molar-refractivity contribution in [1.82, 2.24) is 0 Å². The second kappa shape index (κ2) is 8.89. The summed E-state index contributed by atoms with van der Waals surface area (Å²) in [6.45, 7) is 1.49. The Morgan fingerprint density at radius 2 is 1.76 bits per heavy atom. The van der Waals surface area contributed by atoms with E-state index in [2.05, 4.69) is 5.32 Å². The van der Waals surface area contributed by atoms with Crippen molar-refractivity contribution in [3.63, 3.8) is 0 Å². The molecule has 0 heterocycles. The molecular formula is C18H18N2O4S. The maximum absolute atomic E-state index is 12.1. The van der Waals surface area contributed by atoms with Crippen LogP contribution in [0.25, 0.3) is 0 Å². The van der Waals surface area contributed by atoms with Gasteiger partial charge in [0, 0.05) is 10.6 Å². The molecule has 0 aliphatic rings. The third kappa shape index (κ3) is 5.96. The summed E-state index contributed by atoms with van der Waals surface area (Å²) in [5, 5.41) is 2.79. The van der Waals surface area contributed by atoms with Crippen molar-refractivity contribution in [2.45, 2.75) is 11.8 Å². The first-order valence-electron chi connectivity index (χ1n) is 7.49. The minimum atomic E-state index is -0.726. The molecule has 0 aromatic heterocycles. The fraction of sp³-hybridized carbons (Fsp3) is 0.167. The van der Waals surface area contributed by atoms with Crippen molar-refractivity contribution in [2.24, 2.45) is 5.73 Å². The van der Waals surface area contributed by atoms with Crippen molar-refractivity contribution >= 4 is 35.2 Å². The molecule has 0 aliphatic carbocycles. The maximum atomic E-state index is 12.1. The molecular weight excluding hydrogens is 340 g/mol. The number of primary amides is 1. The van der Waals surface area contributed by atoms with Crippen molar-refractivity contribution < 1.29 is 19.1 Å². The van der Waals surface area contributed by atoms with Crippen LogP contribution in [0.4, 0.5) is 5.69 Å². The Kier molecular flexibility index (Phi) is 6.59. The summed E-state index contributed by atoms with van der Waals surface area (Å²) in [5.74, 6) is -1.43. The number of amides is 2. The van der Waals surface area contributed by atoms with E-state index >= 15 is 0 Å². The number of hydrogen-bond donors (Lipinski definition) is 2. The monoisotopic (exact) mass is 358 g/mol. The van der Waals surface area contributed by atoms with Crippen molar-refractivity contribution in [3.8, 4) is 0 Å². The molecule has 6 nitrogen and oxygen atoms in total. The third-order valence-electron chi connectivity index (χ3n) is 3.15. The number of carbonyl (C=O) groups excluding carboxylic acids is 3. The van der Waals surface area contributed by atoms with Crippen LogP contribution in [-0.2, 0) is 14.3 Å². The van der Waals surface area contributed by atoms with Gasteiger partial charge in [0.15, 0.2) is 6.61 Å². The second-order valence-electron chi connectivity index (χ2n) is 5.24. The first kappa shape index (κ1) is 18.5. The van der Waals surface area contributed by atoms with Gasteiger partial charge in [-0.25, -0.2) is 4.79 Å². The van der Waals surface area contributed by atoms with E-state index < -0.39 is 18.5 Å². The third-order valence-corrected chi connectivity index (χ3v) is 4.22. The number of nitrogens with two attached hydrogens (primary N) is 1. The molecule has 2 rings (SSSR count). The Labute approximate surface area is 149 Å². The van der Waals surface area contributed by atoms with E-state index in [9.17, 15) is 14.4 Å². The zero-order chi connectivity index (χ0) is 18.2. The van der Waals surface area contributed by atoms with Gasteiger partial charge in [-0.15, -0.1) is 11.8 Å². The number of aryl methyl sites for hydroxylation is 1. The van der Waals surface area contributed by atoms with Gasteiger partial charge in [0.25, 0.3) is 5.91 Å². The fourth-order valence-electron chi connectivity index (χ4n) is 1.95. The normalized spacial score (nSPS) is 10.1. The molecule has 7 heteroatoms. The van der Waals surface area contributed by atoms with E-state index in [1.807, 2.05) is 31.2 Å². The number of nitrogens with one attached hydrogen (secondary N) is 1. The number of anilines is 1. The molecule has 0 aliphatic heterocycles. The van der Waals surface area contributed by atoms with Gasteiger partial charge in [-0.2, -0.15) is 0 Å². The predicted molar refractivity (Wildman–Crippen MR) is 96.5 cm³/mol. The van der Waals surface area contributed by atoms with Crippen LogP contribution in [0.5, 0.6) is 0 Å². The minimum absolute atomic E-state index is 0.133. The molecule has 0 bridgehead atoms. The summed E-state index contributed by atoms with van der Waals surface area (Å²) in [6.07, 6.45) is 0. The highest BCUT2D eigenvalue weighted by molar-refractivity contribution is 8.00. The number of thioether (sulfide) groups is 1. The van der Waals surface area contributed by atoms with Gasteiger partial charge in [0.1, 0.15) is 0 Å². The van der Waals surface area contributed by atoms with E-state index in [0.29, 0.717) is 10.6 Å². The van der Waals surface area contributed by atoms with Gasteiger partial charge in [-0.05, 0) is 31.2 Å². The van der Waals surface area contributed by atoms with Crippen molar-refractivity contribution in [2.75, 3.05) is 17.7 Å². The summed E-state index contributed by atoms with van der Waals surface area (Å²) in [7, 11) is 0. The first-order chi connectivity index (χ1) is 12.0. The molecule has 0 atom stereocenters. The van der Waals surface area contributed by atoms with E-state index in [4.69, 9.17) is 10.5 Å². The van der Waals surface area contributed by atoms with Crippen LogP contribution in [0.3, 0.4) is 0 Å². The van der Waals surface area contributed by atoms with Crippen LogP contribution in [0, 0.1) is 6.92 Å². The molecule has 0 saturated carbocycles. The average molecular weight is 358 g/mol. The first-order valence-corrected chi connectivity index (χ1v) is 8.48. The quantitative estimate of drug-likeness (QED) is 0.585. The smallest absolute Gasteiger partial charge is 0.339 e. The van der Waals surface area contributed by atoms with Crippen LogP contribution in [0.2, 0.25) is 0 Å². The zero-order valence-electron chi connectivity index (χ0n) is 13.7. The lowest BCUT2D eigenvalue weighted by Crippen LogP contribution is -2.21. The van der Waals surface area contributed by atoms with E-state index in [-0.39, 0.29) is 17.2 Å². The lowest BCUT2D eigenvalue weighted by atomic mass is 10.2. The van der Waals surface area contributed by atoms with Gasteiger partial charge in [0.05, 0.1) is 11.3 Å². The van der Waals surface area contributed by atoms with E-state index in [1.54, 1.807) is 24.3 Å². The lowest BCUT2D eigenvalue weighted by molar-refractivity contribution is -0.121. The van der Waals surface area contributed by atoms with Crippen LogP contribution in [0.15, 0.2) is 53.4 Å². The van der Waals surface area contributed by atoms with Crippen molar-refractivity contribution in [1.29, 1.82) is 0 Å². The van der Waals surface area contributed by atoms with Gasteiger partial charge in [0.2, 0.25) is 5.91 Å². The average Bonchev–Trinajstić information content (AvgIpc) is 2.60. The summed E-state index contributed by atoms with van der Waals surface area (Å²) in [6, 6.07) is 14.2. The topological polar surface area (TPSA) is 98.5 Å². The number of carbonyl (C=O) groups is 3. The molecule has 0 saturated heterocycles. The highest BCUT2D eigenvalue weighted by Crippen LogP contribution is 2.23. The Balaban J connectivity index is 1.95. The molecule has 2 aromatic rings. The Morgan fingerprint density at radius 3 is 2.44 bits per heavy atom. The fourth-order valence-corrected chi connectivity index (χ4v) is 2.79. The molecule has 2 amide bonds. The van der Waals surface area contributed by atoms with E-state index in [1.165, 1.54) is 11.8 Å². The molecule has 0 spiro atoms. The maximum Gasteiger partial charge on any atom is 0.339 e. The van der Waals surface area contributed by atoms with Gasteiger partial charge < -0.3 is 15.8 Å². The standard InChI is InChI=1S/C18H18N2O4S/c1-12-6-8-13(9-7-12)20-17(22)11-25-15-5-3-2-4-14(15)18(23)24-10-16(19)21/h2-9H,10-11H2,1H3,(H2,19,21)(H,20,22). The molecule has 0 unspecified atom stereocenters. The number of rotatable bonds is 7. The predicted octanol–water partition coefficient (Wildman–Crippen LogP) is 2.37. The van der Waals surface area contributed by atoms with Crippen molar-refractivity contribution in [3.05, 3.63) is 59.7 Å². The number of esters is 1. The minimum Gasteiger partial charge on any atom is -0.452 e. The SMILES string of the molecule is Cc1ccc(NC(=O)CSc2ccccc2C(=O)OCC(N)=O)cc1. The van der Waals surface area contributed by atoms with Gasteiger partial charge in [-0.3, -0.25) is 9.59 Å². The van der Waals surface area contributed by atoms with Crippen LogP contribution >= 0.6 is 11.8 Å².